The minimum Gasteiger partial charge on any atom is -0.282 e. The minimum atomic E-state index is -4.20. The van der Waals surface area contributed by atoms with Gasteiger partial charge in [0.1, 0.15) is 0 Å². The third kappa shape index (κ3) is 2.80. The van der Waals surface area contributed by atoms with E-state index in [-0.39, 0.29) is 4.90 Å². The Morgan fingerprint density at radius 2 is 2.11 bits per heavy atom. The Labute approximate surface area is 113 Å². The van der Waals surface area contributed by atoms with E-state index >= 15 is 0 Å². The van der Waals surface area contributed by atoms with E-state index in [4.69, 9.17) is 5.26 Å². The van der Waals surface area contributed by atoms with Crippen LogP contribution in [0, 0.1) is 18.3 Å². The topological polar surface area (TPSA) is 78.2 Å². The molecule has 0 bridgehead atoms. The molecular weight excluding hydrogens is 262 g/mol. The smallest absolute Gasteiger partial charge is 0.282 e. The lowest BCUT2D eigenvalue weighted by molar-refractivity contribution is 0.416. The third-order valence-electron chi connectivity index (χ3n) is 3.89. The molecule has 1 aliphatic rings. The number of benzene rings is 1. The largest absolute Gasteiger partial charge is 0.294 e. The Kier molecular flexibility index (Phi) is 3.93. The molecule has 0 radical (unpaired) electrons. The first-order chi connectivity index (χ1) is 8.95. The van der Waals surface area contributed by atoms with Gasteiger partial charge in [-0.15, -0.1) is 0 Å². The molecule has 0 aliphatic heterocycles. The second-order valence-electron chi connectivity index (χ2n) is 5.02. The van der Waals surface area contributed by atoms with E-state index in [0.717, 1.165) is 24.0 Å². The quantitative estimate of drug-likeness (QED) is 0.859. The van der Waals surface area contributed by atoms with E-state index in [0.29, 0.717) is 24.3 Å². The van der Waals surface area contributed by atoms with Crippen molar-refractivity contribution in [1.29, 1.82) is 5.26 Å². The number of rotatable bonds is 4. The second kappa shape index (κ2) is 5.32. The molecule has 0 saturated heterocycles. The SMILES string of the molecule is Cc1c(S(=O)(=O)O)ccc(C2CCC2)c1CCC#N. The van der Waals surface area contributed by atoms with Crippen molar-refractivity contribution in [2.24, 2.45) is 0 Å². The van der Waals surface area contributed by atoms with Crippen LogP contribution in [0.3, 0.4) is 0 Å². The van der Waals surface area contributed by atoms with Gasteiger partial charge in [0.2, 0.25) is 0 Å². The normalized spacial score (nSPS) is 15.8. The molecule has 1 saturated carbocycles. The Balaban J connectivity index is 2.51. The van der Waals surface area contributed by atoms with Gasteiger partial charge in [0, 0.05) is 6.42 Å². The summed E-state index contributed by atoms with van der Waals surface area (Å²) in [6, 6.07) is 5.37. The summed E-state index contributed by atoms with van der Waals surface area (Å²) in [5, 5.41) is 8.73. The highest BCUT2D eigenvalue weighted by molar-refractivity contribution is 7.85. The van der Waals surface area contributed by atoms with Gasteiger partial charge >= 0.3 is 0 Å². The first-order valence-electron chi connectivity index (χ1n) is 6.42. The van der Waals surface area contributed by atoms with E-state index in [1.807, 2.05) is 0 Å². The summed E-state index contributed by atoms with van der Waals surface area (Å²) in [5.41, 5.74) is 2.65. The number of nitrogens with zero attached hydrogens (tertiary/aromatic N) is 1. The van der Waals surface area contributed by atoms with Gasteiger partial charge in [-0.3, -0.25) is 4.55 Å². The molecule has 0 atom stereocenters. The lowest BCUT2D eigenvalue weighted by Crippen LogP contribution is -2.14. The molecule has 1 aliphatic carbocycles. The van der Waals surface area contributed by atoms with Crippen molar-refractivity contribution in [1.82, 2.24) is 0 Å². The van der Waals surface area contributed by atoms with Crippen molar-refractivity contribution in [3.05, 3.63) is 28.8 Å². The van der Waals surface area contributed by atoms with Crippen LogP contribution in [0.5, 0.6) is 0 Å². The van der Waals surface area contributed by atoms with Crippen molar-refractivity contribution >= 4 is 10.1 Å². The maximum atomic E-state index is 11.3. The summed E-state index contributed by atoms with van der Waals surface area (Å²) in [7, 11) is -4.20. The molecule has 4 nitrogen and oxygen atoms in total. The van der Waals surface area contributed by atoms with Crippen molar-refractivity contribution in [3.63, 3.8) is 0 Å². The Hall–Kier alpha value is -1.38. The summed E-state index contributed by atoms with van der Waals surface area (Å²) >= 11 is 0. The molecule has 1 aromatic rings. The van der Waals surface area contributed by atoms with E-state index < -0.39 is 10.1 Å². The molecule has 0 aromatic heterocycles. The fraction of sp³-hybridized carbons (Fsp3) is 0.500. The van der Waals surface area contributed by atoms with Gasteiger partial charge < -0.3 is 0 Å². The second-order valence-corrected chi connectivity index (χ2v) is 6.41. The van der Waals surface area contributed by atoms with Crippen LogP contribution in [0.1, 0.15) is 48.3 Å². The van der Waals surface area contributed by atoms with Crippen molar-refractivity contribution in [2.75, 3.05) is 0 Å². The van der Waals surface area contributed by atoms with Crippen LogP contribution in [0.4, 0.5) is 0 Å². The average Bonchev–Trinajstić information content (AvgIpc) is 2.24. The molecule has 1 N–H and O–H groups in total. The molecular formula is C14H17NO3S. The number of hydrogen-bond acceptors (Lipinski definition) is 3. The molecule has 0 spiro atoms. The number of hydrogen-bond donors (Lipinski definition) is 1. The highest BCUT2D eigenvalue weighted by atomic mass is 32.2. The molecule has 1 aromatic carbocycles. The monoisotopic (exact) mass is 279 g/mol. The first-order valence-corrected chi connectivity index (χ1v) is 7.86. The van der Waals surface area contributed by atoms with Gasteiger partial charge in [-0.1, -0.05) is 12.5 Å². The van der Waals surface area contributed by atoms with Gasteiger partial charge in [-0.25, -0.2) is 0 Å². The summed E-state index contributed by atoms with van der Waals surface area (Å²) < 4.78 is 31.9. The van der Waals surface area contributed by atoms with Gasteiger partial charge in [0.05, 0.1) is 11.0 Å². The molecule has 102 valence electrons. The fourth-order valence-corrected chi connectivity index (χ4v) is 3.40. The maximum absolute atomic E-state index is 11.3. The summed E-state index contributed by atoms with van der Waals surface area (Å²) in [6.07, 6.45) is 4.32. The van der Waals surface area contributed by atoms with Crippen molar-refractivity contribution in [2.45, 2.75) is 49.8 Å². The Morgan fingerprint density at radius 3 is 2.58 bits per heavy atom. The predicted octanol–water partition coefficient (Wildman–Crippen LogP) is 2.97. The van der Waals surface area contributed by atoms with Crippen LogP contribution in [0.25, 0.3) is 0 Å². The molecule has 5 heteroatoms. The van der Waals surface area contributed by atoms with Crippen LogP contribution in [-0.2, 0) is 16.5 Å². The highest BCUT2D eigenvalue weighted by Gasteiger charge is 2.25. The summed E-state index contributed by atoms with van der Waals surface area (Å²) in [4.78, 5) is -0.0384. The zero-order valence-electron chi connectivity index (χ0n) is 10.9. The zero-order chi connectivity index (χ0) is 14.0. The molecule has 0 amide bonds. The maximum Gasteiger partial charge on any atom is 0.294 e. The predicted molar refractivity (Wildman–Crippen MR) is 71.5 cm³/mol. The fourth-order valence-electron chi connectivity index (χ4n) is 2.65. The molecule has 0 unspecified atom stereocenters. The van der Waals surface area contributed by atoms with Crippen LogP contribution in [0.2, 0.25) is 0 Å². The Bertz CT molecular complexity index is 625. The van der Waals surface area contributed by atoms with Crippen LogP contribution < -0.4 is 0 Å². The molecule has 0 heterocycles. The number of nitriles is 1. The first kappa shape index (κ1) is 14.0. The van der Waals surface area contributed by atoms with Crippen LogP contribution >= 0.6 is 0 Å². The molecule has 1 fully saturated rings. The molecule has 2 rings (SSSR count). The lowest BCUT2D eigenvalue weighted by Gasteiger charge is -2.29. The van der Waals surface area contributed by atoms with Crippen molar-refractivity contribution in [3.8, 4) is 6.07 Å². The van der Waals surface area contributed by atoms with Crippen molar-refractivity contribution < 1.29 is 13.0 Å². The van der Waals surface area contributed by atoms with Crippen LogP contribution in [-0.4, -0.2) is 13.0 Å². The van der Waals surface area contributed by atoms with Gasteiger partial charge in [-0.2, -0.15) is 13.7 Å². The Morgan fingerprint density at radius 1 is 1.42 bits per heavy atom. The third-order valence-corrected chi connectivity index (χ3v) is 4.89. The van der Waals surface area contributed by atoms with Gasteiger partial charge in [0.25, 0.3) is 10.1 Å². The minimum absolute atomic E-state index is 0.0384. The van der Waals surface area contributed by atoms with Crippen LogP contribution in [0.15, 0.2) is 17.0 Å². The summed E-state index contributed by atoms with van der Waals surface area (Å²) in [6.45, 7) is 1.71. The standard InChI is InChI=1S/C14H17NO3S/c1-10-12(6-3-9-15)13(11-4-2-5-11)7-8-14(10)19(16,17)18/h7-8,11H,2-6H2,1H3,(H,16,17,18). The highest BCUT2D eigenvalue weighted by Crippen LogP contribution is 2.40. The van der Waals surface area contributed by atoms with E-state index in [2.05, 4.69) is 6.07 Å². The van der Waals surface area contributed by atoms with E-state index in [1.54, 1.807) is 13.0 Å². The summed E-state index contributed by atoms with van der Waals surface area (Å²) in [5.74, 6) is 0.475. The lowest BCUT2D eigenvalue weighted by atomic mass is 9.77. The van der Waals surface area contributed by atoms with E-state index in [1.165, 1.54) is 12.5 Å². The van der Waals surface area contributed by atoms with Gasteiger partial charge in [-0.05, 0) is 54.9 Å². The average molecular weight is 279 g/mol. The zero-order valence-corrected chi connectivity index (χ0v) is 11.7. The molecule has 19 heavy (non-hydrogen) atoms. The van der Waals surface area contributed by atoms with E-state index in [9.17, 15) is 13.0 Å². The van der Waals surface area contributed by atoms with Gasteiger partial charge in [0.15, 0.2) is 0 Å².